The molecule has 0 spiro atoms. The van der Waals surface area contributed by atoms with Gasteiger partial charge in [0.05, 0.1) is 15.4 Å². The van der Waals surface area contributed by atoms with Gasteiger partial charge in [-0.25, -0.2) is 0 Å². The zero-order valence-electron chi connectivity index (χ0n) is 14.7. The first-order chi connectivity index (χ1) is 12.9. The minimum Gasteiger partial charge on any atom is -0.268 e. The van der Waals surface area contributed by atoms with Crippen LogP contribution in [-0.4, -0.2) is 16.7 Å². The summed E-state index contributed by atoms with van der Waals surface area (Å²) >= 11 is 1.46. The van der Waals surface area contributed by atoms with Crippen molar-refractivity contribution in [3.8, 4) is 0 Å². The SMILES string of the molecule is C[C@@H]1CCc2sc(C(=O)NNC(=O)/C=C/c3ccccc3[N+](=O)[O-])cc2C1. The first kappa shape index (κ1) is 18.8. The molecule has 0 saturated heterocycles. The summed E-state index contributed by atoms with van der Waals surface area (Å²) in [5, 5.41) is 11.0. The van der Waals surface area contributed by atoms with Gasteiger partial charge in [-0.2, -0.15) is 0 Å². The number of fused-ring (bicyclic) bond motifs is 1. The average Bonchev–Trinajstić information content (AvgIpc) is 3.07. The van der Waals surface area contributed by atoms with Gasteiger partial charge >= 0.3 is 0 Å². The van der Waals surface area contributed by atoms with Gasteiger partial charge in [0.1, 0.15) is 0 Å². The molecule has 140 valence electrons. The van der Waals surface area contributed by atoms with Crippen LogP contribution in [0.3, 0.4) is 0 Å². The molecule has 0 radical (unpaired) electrons. The van der Waals surface area contributed by atoms with Gasteiger partial charge in [-0.05, 0) is 49.0 Å². The fourth-order valence-electron chi connectivity index (χ4n) is 3.00. The van der Waals surface area contributed by atoms with E-state index in [2.05, 4.69) is 17.8 Å². The number of carbonyl (C=O) groups excluding carboxylic acids is 2. The molecule has 8 heteroatoms. The second-order valence-corrected chi connectivity index (χ2v) is 7.64. The molecule has 0 unspecified atom stereocenters. The number of nitro benzene ring substituents is 1. The number of hydrogen-bond acceptors (Lipinski definition) is 5. The van der Waals surface area contributed by atoms with Crippen molar-refractivity contribution in [3.05, 3.63) is 67.4 Å². The van der Waals surface area contributed by atoms with E-state index in [1.165, 1.54) is 40.0 Å². The molecule has 2 aromatic rings. The molecule has 1 aliphatic carbocycles. The van der Waals surface area contributed by atoms with Gasteiger partial charge in [0, 0.05) is 17.0 Å². The highest BCUT2D eigenvalue weighted by Crippen LogP contribution is 2.32. The Morgan fingerprint density at radius 2 is 2.07 bits per heavy atom. The van der Waals surface area contributed by atoms with Crippen LogP contribution in [-0.2, 0) is 17.6 Å². The van der Waals surface area contributed by atoms with E-state index in [9.17, 15) is 19.7 Å². The lowest BCUT2D eigenvalue weighted by molar-refractivity contribution is -0.385. The summed E-state index contributed by atoms with van der Waals surface area (Å²) in [7, 11) is 0. The molecule has 0 fully saturated rings. The number of nitrogens with zero attached hydrogens (tertiary/aromatic N) is 1. The van der Waals surface area contributed by atoms with E-state index in [0.717, 1.165) is 25.3 Å². The molecule has 3 rings (SSSR count). The van der Waals surface area contributed by atoms with Crippen molar-refractivity contribution in [3.63, 3.8) is 0 Å². The van der Waals surface area contributed by atoms with Crippen LogP contribution in [0.25, 0.3) is 6.08 Å². The molecule has 0 aliphatic heterocycles. The third-order valence-electron chi connectivity index (χ3n) is 4.40. The smallest absolute Gasteiger partial charge is 0.268 e. The minimum absolute atomic E-state index is 0.0935. The molecule has 1 aromatic carbocycles. The second-order valence-electron chi connectivity index (χ2n) is 6.50. The highest BCUT2D eigenvalue weighted by molar-refractivity contribution is 7.14. The van der Waals surface area contributed by atoms with Gasteiger partial charge < -0.3 is 0 Å². The van der Waals surface area contributed by atoms with Crippen LogP contribution in [0.5, 0.6) is 0 Å². The number of nitrogens with one attached hydrogen (secondary N) is 2. The molecule has 2 amide bonds. The van der Waals surface area contributed by atoms with Crippen molar-refractivity contribution in [2.24, 2.45) is 5.92 Å². The van der Waals surface area contributed by atoms with Crippen molar-refractivity contribution in [1.82, 2.24) is 10.9 Å². The van der Waals surface area contributed by atoms with E-state index in [-0.39, 0.29) is 11.6 Å². The topological polar surface area (TPSA) is 101 Å². The fraction of sp³-hybridized carbons (Fsp3) is 0.263. The van der Waals surface area contributed by atoms with Gasteiger partial charge in [0.25, 0.3) is 17.5 Å². The van der Waals surface area contributed by atoms with E-state index >= 15 is 0 Å². The Kier molecular flexibility index (Phi) is 5.66. The lowest BCUT2D eigenvalue weighted by Gasteiger charge is -2.16. The van der Waals surface area contributed by atoms with Crippen LogP contribution >= 0.6 is 11.3 Å². The zero-order chi connectivity index (χ0) is 19.4. The largest absolute Gasteiger partial charge is 0.279 e. The number of carbonyl (C=O) groups is 2. The van der Waals surface area contributed by atoms with Gasteiger partial charge in [0.15, 0.2) is 0 Å². The normalized spacial score (nSPS) is 16.0. The maximum Gasteiger partial charge on any atom is 0.279 e. The molecule has 0 bridgehead atoms. The third kappa shape index (κ3) is 4.59. The number of thiophene rings is 1. The standard InChI is InChI=1S/C19H19N3O4S/c1-12-6-8-16-14(10-12)11-17(27-16)19(24)21-20-18(23)9-7-13-4-2-3-5-15(13)22(25)26/h2-5,7,9,11-12H,6,8,10H2,1H3,(H,20,23)(H,21,24)/b9-7+/t12-/m1/s1. The number of hydrogen-bond donors (Lipinski definition) is 2. The Labute approximate surface area is 160 Å². The summed E-state index contributed by atoms with van der Waals surface area (Å²) in [6, 6.07) is 7.99. The van der Waals surface area contributed by atoms with Crippen LogP contribution in [0.1, 0.15) is 39.0 Å². The third-order valence-corrected chi connectivity index (χ3v) is 5.64. The number of benzene rings is 1. The number of hydrazine groups is 1. The van der Waals surface area contributed by atoms with E-state index in [1.807, 2.05) is 6.07 Å². The van der Waals surface area contributed by atoms with Crippen molar-refractivity contribution >= 4 is 34.9 Å². The number of nitro groups is 1. The van der Waals surface area contributed by atoms with Crippen molar-refractivity contribution < 1.29 is 14.5 Å². The molecule has 1 aliphatic rings. The maximum absolute atomic E-state index is 12.2. The summed E-state index contributed by atoms with van der Waals surface area (Å²) in [5.74, 6) is -0.319. The van der Waals surface area contributed by atoms with E-state index < -0.39 is 10.8 Å². The maximum atomic E-state index is 12.2. The van der Waals surface area contributed by atoms with Crippen LogP contribution in [0.4, 0.5) is 5.69 Å². The summed E-state index contributed by atoms with van der Waals surface area (Å²) < 4.78 is 0. The second kappa shape index (κ2) is 8.13. The number of para-hydroxylation sites is 1. The van der Waals surface area contributed by atoms with E-state index in [1.54, 1.807) is 12.1 Å². The van der Waals surface area contributed by atoms with Crippen LogP contribution in [0.2, 0.25) is 0 Å². The lowest BCUT2D eigenvalue weighted by atomic mass is 9.90. The summed E-state index contributed by atoms with van der Waals surface area (Å²) in [4.78, 5) is 36.4. The van der Waals surface area contributed by atoms with Gasteiger partial charge in [0.2, 0.25) is 0 Å². The van der Waals surface area contributed by atoms with Gasteiger partial charge in [-0.3, -0.25) is 30.6 Å². The molecular weight excluding hydrogens is 366 g/mol. The average molecular weight is 385 g/mol. The van der Waals surface area contributed by atoms with Crippen LogP contribution in [0, 0.1) is 16.0 Å². The van der Waals surface area contributed by atoms with Crippen molar-refractivity contribution in [2.45, 2.75) is 26.2 Å². The molecular formula is C19H19N3O4S. The predicted octanol–water partition coefficient (Wildman–Crippen LogP) is 3.26. The summed E-state index contributed by atoms with van der Waals surface area (Å²) in [6.45, 7) is 2.20. The zero-order valence-corrected chi connectivity index (χ0v) is 15.5. The van der Waals surface area contributed by atoms with Crippen molar-refractivity contribution in [2.75, 3.05) is 0 Å². The van der Waals surface area contributed by atoms with E-state index in [0.29, 0.717) is 16.4 Å². The Morgan fingerprint density at radius 1 is 1.30 bits per heavy atom. The predicted molar refractivity (Wildman–Crippen MR) is 103 cm³/mol. The molecule has 7 nitrogen and oxygen atoms in total. The summed E-state index contributed by atoms with van der Waals surface area (Å²) in [5.41, 5.74) is 6.11. The van der Waals surface area contributed by atoms with Gasteiger partial charge in [-0.15, -0.1) is 11.3 Å². The fourth-order valence-corrected chi connectivity index (χ4v) is 4.10. The number of amides is 2. The molecule has 2 N–H and O–H groups in total. The lowest BCUT2D eigenvalue weighted by Crippen LogP contribution is -2.40. The Hall–Kier alpha value is -3.00. The monoisotopic (exact) mass is 385 g/mol. The van der Waals surface area contributed by atoms with Crippen LogP contribution < -0.4 is 10.9 Å². The highest BCUT2D eigenvalue weighted by Gasteiger charge is 2.20. The van der Waals surface area contributed by atoms with Crippen LogP contribution in [0.15, 0.2) is 36.4 Å². The minimum atomic E-state index is -0.573. The van der Waals surface area contributed by atoms with Gasteiger partial charge in [-0.1, -0.05) is 19.1 Å². The first-order valence-corrected chi connectivity index (χ1v) is 9.39. The first-order valence-electron chi connectivity index (χ1n) is 8.57. The molecule has 1 heterocycles. The highest BCUT2D eigenvalue weighted by atomic mass is 32.1. The number of rotatable bonds is 4. The van der Waals surface area contributed by atoms with Crippen molar-refractivity contribution in [1.29, 1.82) is 0 Å². The van der Waals surface area contributed by atoms with E-state index in [4.69, 9.17) is 0 Å². The number of aryl methyl sites for hydroxylation is 1. The summed E-state index contributed by atoms with van der Waals surface area (Å²) in [6.07, 6.45) is 5.57. The molecule has 1 aromatic heterocycles. The Balaban J connectivity index is 1.58. The molecule has 0 saturated carbocycles. The quantitative estimate of drug-likeness (QED) is 0.479. The molecule has 1 atom stereocenters. The molecule has 27 heavy (non-hydrogen) atoms. The Morgan fingerprint density at radius 3 is 2.85 bits per heavy atom. The Bertz CT molecular complexity index is 919.